The first-order valence-corrected chi connectivity index (χ1v) is 5.02. The number of ether oxygens (including phenoxy) is 2. The standard InChI is InChI=1S/C12H14O4/c1-4-10-5-6-11(15-8(2)13)12(7-10)16-9(3)14/h5-7H,4H2,1-3H3. The zero-order valence-electron chi connectivity index (χ0n) is 9.57. The summed E-state index contributed by atoms with van der Waals surface area (Å²) in [6.07, 6.45) is 0.814. The fraction of sp³-hybridized carbons (Fsp3) is 0.333. The zero-order chi connectivity index (χ0) is 12.1. The molecule has 16 heavy (non-hydrogen) atoms. The van der Waals surface area contributed by atoms with Crippen LogP contribution in [0, 0.1) is 0 Å². The minimum atomic E-state index is -0.447. The van der Waals surface area contributed by atoms with Crippen molar-refractivity contribution in [3.63, 3.8) is 0 Å². The molecule has 0 N–H and O–H groups in total. The third-order valence-corrected chi connectivity index (χ3v) is 1.92. The van der Waals surface area contributed by atoms with Crippen molar-refractivity contribution < 1.29 is 19.1 Å². The van der Waals surface area contributed by atoms with Crippen LogP contribution in [0.3, 0.4) is 0 Å². The van der Waals surface area contributed by atoms with E-state index in [4.69, 9.17) is 9.47 Å². The first-order valence-electron chi connectivity index (χ1n) is 5.02. The summed E-state index contributed by atoms with van der Waals surface area (Å²) in [5, 5.41) is 0. The van der Waals surface area contributed by atoms with Crippen LogP contribution in [0.15, 0.2) is 18.2 Å². The lowest BCUT2D eigenvalue weighted by Crippen LogP contribution is -2.07. The van der Waals surface area contributed by atoms with Crippen LogP contribution in [0.2, 0.25) is 0 Å². The van der Waals surface area contributed by atoms with Gasteiger partial charge in [-0.25, -0.2) is 0 Å². The van der Waals surface area contributed by atoms with Crippen molar-refractivity contribution in [3.8, 4) is 11.5 Å². The van der Waals surface area contributed by atoms with Crippen molar-refractivity contribution in [1.82, 2.24) is 0 Å². The topological polar surface area (TPSA) is 52.6 Å². The SMILES string of the molecule is CCc1ccc(OC(C)=O)c(OC(C)=O)c1. The highest BCUT2D eigenvalue weighted by molar-refractivity contribution is 5.73. The molecule has 1 aromatic rings. The van der Waals surface area contributed by atoms with Crippen molar-refractivity contribution in [2.75, 3.05) is 0 Å². The number of hydrogen-bond donors (Lipinski definition) is 0. The van der Waals surface area contributed by atoms with Gasteiger partial charge in [-0.05, 0) is 24.1 Å². The molecule has 0 radical (unpaired) electrons. The predicted molar refractivity (Wildman–Crippen MR) is 58.4 cm³/mol. The van der Waals surface area contributed by atoms with E-state index in [9.17, 15) is 9.59 Å². The molecule has 0 unspecified atom stereocenters. The highest BCUT2D eigenvalue weighted by Gasteiger charge is 2.10. The fourth-order valence-electron chi connectivity index (χ4n) is 1.25. The Balaban J connectivity index is 3.05. The summed E-state index contributed by atoms with van der Waals surface area (Å²) in [4.78, 5) is 21.7. The lowest BCUT2D eigenvalue weighted by molar-refractivity contribution is -0.134. The van der Waals surface area contributed by atoms with E-state index < -0.39 is 11.9 Å². The summed E-state index contributed by atoms with van der Waals surface area (Å²) in [6.45, 7) is 4.58. The van der Waals surface area contributed by atoms with Crippen LogP contribution < -0.4 is 9.47 Å². The molecule has 1 aromatic carbocycles. The third-order valence-electron chi connectivity index (χ3n) is 1.92. The van der Waals surface area contributed by atoms with Gasteiger partial charge in [0, 0.05) is 13.8 Å². The molecular weight excluding hydrogens is 208 g/mol. The summed E-state index contributed by atoms with van der Waals surface area (Å²) >= 11 is 0. The number of esters is 2. The summed E-state index contributed by atoms with van der Waals surface area (Å²) in [5.41, 5.74) is 1.01. The fourth-order valence-corrected chi connectivity index (χ4v) is 1.25. The summed E-state index contributed by atoms with van der Waals surface area (Å²) in [6, 6.07) is 5.14. The molecule has 0 saturated carbocycles. The van der Waals surface area contributed by atoms with E-state index in [0.717, 1.165) is 12.0 Å². The van der Waals surface area contributed by atoms with Crippen molar-refractivity contribution in [2.45, 2.75) is 27.2 Å². The number of benzene rings is 1. The molecule has 0 spiro atoms. The normalized spacial score (nSPS) is 9.69. The molecule has 0 atom stereocenters. The lowest BCUT2D eigenvalue weighted by Gasteiger charge is -2.09. The van der Waals surface area contributed by atoms with Crippen molar-refractivity contribution in [1.29, 1.82) is 0 Å². The molecule has 0 aromatic heterocycles. The zero-order valence-corrected chi connectivity index (χ0v) is 9.57. The number of aryl methyl sites for hydroxylation is 1. The Kier molecular flexibility index (Phi) is 4.05. The van der Waals surface area contributed by atoms with Gasteiger partial charge in [0.1, 0.15) is 0 Å². The maximum absolute atomic E-state index is 10.9. The first kappa shape index (κ1) is 12.2. The summed E-state index contributed by atoms with van der Waals surface area (Å²) < 4.78 is 9.90. The predicted octanol–water partition coefficient (Wildman–Crippen LogP) is 2.10. The number of carbonyl (C=O) groups excluding carboxylic acids is 2. The van der Waals surface area contributed by atoms with Crippen LogP contribution >= 0.6 is 0 Å². The molecular formula is C12H14O4. The minimum Gasteiger partial charge on any atom is -0.423 e. The van der Waals surface area contributed by atoms with Crippen LogP contribution in [-0.2, 0) is 16.0 Å². The van der Waals surface area contributed by atoms with Gasteiger partial charge in [0.2, 0.25) is 0 Å². The number of rotatable bonds is 3. The Hall–Kier alpha value is -1.84. The van der Waals surface area contributed by atoms with Crippen molar-refractivity contribution in [3.05, 3.63) is 23.8 Å². The third kappa shape index (κ3) is 3.38. The lowest BCUT2D eigenvalue weighted by atomic mass is 10.1. The first-order chi connectivity index (χ1) is 7.52. The molecule has 0 bridgehead atoms. The van der Waals surface area contributed by atoms with E-state index in [-0.39, 0.29) is 11.5 Å². The van der Waals surface area contributed by atoms with Crippen LogP contribution in [0.1, 0.15) is 26.3 Å². The molecule has 1 rings (SSSR count). The number of carbonyl (C=O) groups is 2. The van der Waals surface area contributed by atoms with E-state index in [1.165, 1.54) is 13.8 Å². The molecule has 0 heterocycles. The van der Waals surface area contributed by atoms with Gasteiger partial charge in [-0.1, -0.05) is 13.0 Å². The Morgan fingerprint density at radius 3 is 2.12 bits per heavy atom. The molecule has 0 aliphatic rings. The monoisotopic (exact) mass is 222 g/mol. The average molecular weight is 222 g/mol. The van der Waals surface area contributed by atoms with E-state index in [1.54, 1.807) is 12.1 Å². The van der Waals surface area contributed by atoms with Crippen LogP contribution in [0.4, 0.5) is 0 Å². The molecule has 0 fully saturated rings. The van der Waals surface area contributed by atoms with Crippen LogP contribution in [0.5, 0.6) is 11.5 Å². The van der Waals surface area contributed by atoms with E-state index in [2.05, 4.69) is 0 Å². The van der Waals surface area contributed by atoms with Gasteiger partial charge >= 0.3 is 11.9 Å². The summed E-state index contributed by atoms with van der Waals surface area (Å²) in [5.74, 6) is -0.346. The van der Waals surface area contributed by atoms with Crippen molar-refractivity contribution in [2.24, 2.45) is 0 Å². The van der Waals surface area contributed by atoms with Gasteiger partial charge < -0.3 is 9.47 Å². The van der Waals surface area contributed by atoms with Crippen molar-refractivity contribution >= 4 is 11.9 Å². The maximum atomic E-state index is 10.9. The maximum Gasteiger partial charge on any atom is 0.308 e. The van der Waals surface area contributed by atoms with E-state index >= 15 is 0 Å². The van der Waals surface area contributed by atoms with Gasteiger partial charge in [0.25, 0.3) is 0 Å². The Morgan fingerprint density at radius 1 is 1.06 bits per heavy atom. The molecule has 4 heteroatoms. The smallest absolute Gasteiger partial charge is 0.308 e. The second kappa shape index (κ2) is 5.30. The second-order valence-corrected chi connectivity index (χ2v) is 3.32. The largest absolute Gasteiger partial charge is 0.423 e. The second-order valence-electron chi connectivity index (χ2n) is 3.32. The summed E-state index contributed by atoms with van der Waals surface area (Å²) in [7, 11) is 0. The molecule has 0 amide bonds. The Morgan fingerprint density at radius 2 is 1.62 bits per heavy atom. The van der Waals surface area contributed by atoms with Gasteiger partial charge in [-0.15, -0.1) is 0 Å². The Bertz CT molecular complexity index is 409. The molecule has 0 aliphatic carbocycles. The molecule has 86 valence electrons. The quantitative estimate of drug-likeness (QED) is 0.580. The average Bonchev–Trinajstić information content (AvgIpc) is 2.19. The van der Waals surface area contributed by atoms with Crippen LogP contribution in [-0.4, -0.2) is 11.9 Å². The van der Waals surface area contributed by atoms with E-state index in [1.807, 2.05) is 13.0 Å². The highest BCUT2D eigenvalue weighted by Crippen LogP contribution is 2.28. The minimum absolute atomic E-state index is 0.264. The molecule has 0 aliphatic heterocycles. The van der Waals surface area contributed by atoms with Gasteiger partial charge in [-0.3, -0.25) is 9.59 Å². The van der Waals surface area contributed by atoms with Crippen LogP contribution in [0.25, 0.3) is 0 Å². The van der Waals surface area contributed by atoms with Gasteiger partial charge in [0.05, 0.1) is 0 Å². The van der Waals surface area contributed by atoms with Gasteiger partial charge in [0.15, 0.2) is 11.5 Å². The van der Waals surface area contributed by atoms with Gasteiger partial charge in [-0.2, -0.15) is 0 Å². The number of hydrogen-bond acceptors (Lipinski definition) is 4. The molecule has 4 nitrogen and oxygen atoms in total. The molecule has 0 saturated heterocycles. The highest BCUT2D eigenvalue weighted by atomic mass is 16.6. The Labute approximate surface area is 94.2 Å². The van der Waals surface area contributed by atoms with E-state index in [0.29, 0.717) is 0 Å².